The summed E-state index contributed by atoms with van der Waals surface area (Å²) in [5.74, 6) is -1.76. The molecule has 6 heteroatoms. The number of hydrogen-bond acceptors (Lipinski definition) is 4. The molecule has 0 unspecified atom stereocenters. The largest absolute Gasteiger partial charge is 0.550 e. The van der Waals surface area contributed by atoms with Gasteiger partial charge in [0, 0.05) is 29.3 Å². The lowest BCUT2D eigenvalue weighted by Crippen LogP contribution is -2.22. The number of hydrogen-bond donors (Lipinski definition) is 2. The molecular formula is C20H21N2O4-. The van der Waals surface area contributed by atoms with E-state index in [4.69, 9.17) is 0 Å². The first-order valence-electron chi connectivity index (χ1n) is 8.34. The third-order valence-corrected chi connectivity index (χ3v) is 4.05. The van der Waals surface area contributed by atoms with E-state index >= 15 is 0 Å². The highest BCUT2D eigenvalue weighted by atomic mass is 16.4. The van der Waals surface area contributed by atoms with E-state index in [-0.39, 0.29) is 31.1 Å². The number of carboxylic acid groups (broad SMARTS) is 1. The molecule has 0 saturated heterocycles. The molecule has 0 aliphatic rings. The fourth-order valence-corrected chi connectivity index (χ4v) is 2.44. The van der Waals surface area contributed by atoms with E-state index in [1.807, 2.05) is 32.0 Å². The quantitative estimate of drug-likeness (QED) is 0.798. The van der Waals surface area contributed by atoms with Gasteiger partial charge in [0.25, 0.3) is 5.91 Å². The van der Waals surface area contributed by atoms with Gasteiger partial charge >= 0.3 is 0 Å². The van der Waals surface area contributed by atoms with E-state index in [1.54, 1.807) is 24.3 Å². The summed E-state index contributed by atoms with van der Waals surface area (Å²) in [4.78, 5) is 34.7. The second kappa shape index (κ2) is 8.80. The lowest BCUT2D eigenvalue weighted by atomic mass is 10.1. The van der Waals surface area contributed by atoms with Crippen molar-refractivity contribution in [3.05, 3.63) is 59.2 Å². The van der Waals surface area contributed by atoms with Crippen molar-refractivity contribution < 1.29 is 19.5 Å². The van der Waals surface area contributed by atoms with Crippen molar-refractivity contribution in [2.75, 3.05) is 10.6 Å². The molecule has 0 bridgehead atoms. The number of aliphatic carboxylic acids is 1. The summed E-state index contributed by atoms with van der Waals surface area (Å²) in [7, 11) is 0. The third-order valence-electron chi connectivity index (χ3n) is 4.05. The molecule has 0 aliphatic heterocycles. The first kappa shape index (κ1) is 19.2. The van der Waals surface area contributed by atoms with E-state index in [1.165, 1.54) is 0 Å². The highest BCUT2D eigenvalue weighted by Gasteiger charge is 2.10. The minimum atomic E-state index is -1.18. The first-order chi connectivity index (χ1) is 12.4. The molecule has 0 atom stereocenters. The Bertz CT molecular complexity index is 830. The molecule has 0 spiro atoms. The number of carbonyl (C=O) groups is 3. The van der Waals surface area contributed by atoms with Gasteiger partial charge in [-0.3, -0.25) is 9.59 Å². The fraction of sp³-hybridized carbons (Fsp3) is 0.250. The van der Waals surface area contributed by atoms with Gasteiger partial charge in [-0.1, -0.05) is 18.2 Å². The number of rotatable bonds is 7. The van der Waals surface area contributed by atoms with Crippen LogP contribution in [0.2, 0.25) is 0 Å². The number of anilines is 2. The summed E-state index contributed by atoms with van der Waals surface area (Å²) in [6.07, 6.45) is 0.125. The summed E-state index contributed by atoms with van der Waals surface area (Å²) >= 11 is 0. The smallest absolute Gasteiger partial charge is 0.255 e. The Morgan fingerprint density at radius 3 is 2.42 bits per heavy atom. The molecule has 0 heterocycles. The molecular weight excluding hydrogens is 332 g/mol. The van der Waals surface area contributed by atoms with Crippen LogP contribution in [-0.4, -0.2) is 17.8 Å². The van der Waals surface area contributed by atoms with Gasteiger partial charge in [-0.2, -0.15) is 0 Å². The zero-order valence-electron chi connectivity index (χ0n) is 14.8. The molecule has 0 aliphatic carbocycles. The Hall–Kier alpha value is -3.15. The second-order valence-electron chi connectivity index (χ2n) is 6.06. The van der Waals surface area contributed by atoms with Gasteiger partial charge in [0.1, 0.15) is 0 Å². The van der Waals surface area contributed by atoms with Gasteiger partial charge < -0.3 is 20.5 Å². The van der Waals surface area contributed by atoms with E-state index in [2.05, 4.69) is 10.6 Å². The van der Waals surface area contributed by atoms with Crippen molar-refractivity contribution >= 4 is 29.2 Å². The summed E-state index contributed by atoms with van der Waals surface area (Å²) in [5.41, 5.74) is 3.72. The predicted octanol–water partition coefficient (Wildman–Crippen LogP) is 2.41. The van der Waals surface area contributed by atoms with Crippen LogP contribution < -0.4 is 15.7 Å². The van der Waals surface area contributed by atoms with Gasteiger partial charge in [0.15, 0.2) is 0 Å². The van der Waals surface area contributed by atoms with Crippen molar-refractivity contribution in [2.45, 2.75) is 33.1 Å². The molecule has 2 N–H and O–H groups in total. The van der Waals surface area contributed by atoms with Crippen LogP contribution in [0.3, 0.4) is 0 Å². The van der Waals surface area contributed by atoms with Crippen LogP contribution in [0.25, 0.3) is 0 Å². The Labute approximate surface area is 152 Å². The predicted molar refractivity (Wildman–Crippen MR) is 97.8 cm³/mol. The molecule has 2 amide bonds. The Morgan fingerprint density at radius 1 is 0.962 bits per heavy atom. The zero-order valence-corrected chi connectivity index (χ0v) is 14.8. The average Bonchev–Trinajstić information content (AvgIpc) is 2.59. The van der Waals surface area contributed by atoms with Crippen LogP contribution >= 0.6 is 0 Å². The van der Waals surface area contributed by atoms with Gasteiger partial charge in [0.2, 0.25) is 5.91 Å². The molecule has 136 valence electrons. The van der Waals surface area contributed by atoms with Crippen LogP contribution in [0.5, 0.6) is 0 Å². The van der Waals surface area contributed by atoms with Crippen molar-refractivity contribution in [3.8, 4) is 0 Å². The van der Waals surface area contributed by atoms with Crippen LogP contribution in [0.15, 0.2) is 42.5 Å². The maximum Gasteiger partial charge on any atom is 0.255 e. The Balaban J connectivity index is 2.01. The van der Waals surface area contributed by atoms with Gasteiger partial charge in [0.05, 0.1) is 0 Å². The van der Waals surface area contributed by atoms with Crippen LogP contribution in [0, 0.1) is 13.8 Å². The standard InChI is InChI=1S/C20H22N2O4/c1-13-6-3-9-17(14(13)2)22-20(26)15-7-4-8-16(12-15)21-18(23)10-5-11-19(24)25/h3-4,6-9,12H,5,10-11H2,1-2H3,(H,21,23)(H,22,26)(H,24,25)/p-1. The number of carbonyl (C=O) groups excluding carboxylic acids is 3. The minimum absolute atomic E-state index is 0.0763. The van der Waals surface area contributed by atoms with Crippen molar-refractivity contribution in [1.82, 2.24) is 0 Å². The number of nitrogens with one attached hydrogen (secondary N) is 2. The SMILES string of the molecule is Cc1cccc(NC(=O)c2cccc(NC(=O)CCCC(=O)[O-])c2)c1C. The molecule has 26 heavy (non-hydrogen) atoms. The molecule has 0 radical (unpaired) electrons. The molecule has 0 fully saturated rings. The summed E-state index contributed by atoms with van der Waals surface area (Å²) < 4.78 is 0. The van der Waals surface area contributed by atoms with Crippen molar-refractivity contribution in [1.29, 1.82) is 0 Å². The molecule has 0 aromatic heterocycles. The highest BCUT2D eigenvalue weighted by Crippen LogP contribution is 2.19. The number of amides is 2. The van der Waals surface area contributed by atoms with Crippen LogP contribution in [0.4, 0.5) is 11.4 Å². The lowest BCUT2D eigenvalue weighted by molar-refractivity contribution is -0.305. The Morgan fingerprint density at radius 2 is 1.69 bits per heavy atom. The number of aryl methyl sites for hydroxylation is 1. The molecule has 6 nitrogen and oxygen atoms in total. The van der Waals surface area contributed by atoms with Gasteiger partial charge in [-0.25, -0.2) is 0 Å². The monoisotopic (exact) mass is 353 g/mol. The minimum Gasteiger partial charge on any atom is -0.550 e. The van der Waals surface area contributed by atoms with E-state index in [0.717, 1.165) is 16.8 Å². The maximum absolute atomic E-state index is 12.5. The normalized spacial score (nSPS) is 10.2. The lowest BCUT2D eigenvalue weighted by Gasteiger charge is -2.11. The molecule has 0 saturated carbocycles. The zero-order chi connectivity index (χ0) is 19.1. The third kappa shape index (κ3) is 5.44. The number of carboxylic acids is 1. The maximum atomic E-state index is 12.5. The molecule has 2 aromatic rings. The number of benzene rings is 2. The highest BCUT2D eigenvalue weighted by molar-refractivity contribution is 6.05. The van der Waals surface area contributed by atoms with Gasteiger partial charge in [-0.05, 0) is 62.1 Å². The summed E-state index contributed by atoms with van der Waals surface area (Å²) in [6.45, 7) is 3.91. The first-order valence-corrected chi connectivity index (χ1v) is 8.34. The van der Waals surface area contributed by atoms with Crippen molar-refractivity contribution in [3.63, 3.8) is 0 Å². The second-order valence-corrected chi connectivity index (χ2v) is 6.06. The summed E-state index contributed by atoms with van der Waals surface area (Å²) in [6, 6.07) is 12.3. The fourth-order valence-electron chi connectivity index (χ4n) is 2.44. The van der Waals surface area contributed by atoms with Crippen LogP contribution in [-0.2, 0) is 9.59 Å². The van der Waals surface area contributed by atoms with E-state index in [9.17, 15) is 19.5 Å². The van der Waals surface area contributed by atoms with Gasteiger partial charge in [-0.15, -0.1) is 0 Å². The van der Waals surface area contributed by atoms with E-state index < -0.39 is 5.97 Å². The topological polar surface area (TPSA) is 98.3 Å². The summed E-state index contributed by atoms with van der Waals surface area (Å²) in [5, 5.41) is 15.9. The van der Waals surface area contributed by atoms with Crippen LogP contribution in [0.1, 0.15) is 40.7 Å². The average molecular weight is 353 g/mol. The molecule has 2 aromatic carbocycles. The molecule has 2 rings (SSSR count). The van der Waals surface area contributed by atoms with E-state index in [0.29, 0.717) is 11.3 Å². The Kier molecular flexibility index (Phi) is 6.49. The van der Waals surface area contributed by atoms with Crippen molar-refractivity contribution in [2.24, 2.45) is 0 Å².